The Morgan fingerprint density at radius 1 is 1.21 bits per heavy atom. The second-order valence-corrected chi connectivity index (χ2v) is 2.90. The van der Waals surface area contributed by atoms with E-state index in [4.69, 9.17) is 4.74 Å². The monoisotopic (exact) mass is 266 g/mol. The Balaban J connectivity index is 0. The SMILES string of the molecule is CC1CCCO1.[Br-].[Mg+2].[c-]1ccccc1. The first-order valence-electron chi connectivity index (χ1n) is 4.42. The Labute approximate surface area is 113 Å². The molecule has 0 bridgehead atoms. The molecule has 1 saturated heterocycles. The molecule has 1 aromatic carbocycles. The molecule has 0 amide bonds. The number of benzene rings is 1. The van der Waals surface area contributed by atoms with E-state index in [1.807, 2.05) is 30.3 Å². The summed E-state index contributed by atoms with van der Waals surface area (Å²) in [6.45, 7) is 3.11. The van der Waals surface area contributed by atoms with Crippen molar-refractivity contribution in [2.45, 2.75) is 25.9 Å². The maximum Gasteiger partial charge on any atom is 2.00 e. The maximum atomic E-state index is 5.15. The molecule has 0 radical (unpaired) electrons. The molecule has 14 heavy (non-hydrogen) atoms. The van der Waals surface area contributed by atoms with Crippen LogP contribution in [-0.4, -0.2) is 35.8 Å². The van der Waals surface area contributed by atoms with E-state index in [2.05, 4.69) is 13.0 Å². The van der Waals surface area contributed by atoms with Gasteiger partial charge in [-0.25, -0.2) is 0 Å². The van der Waals surface area contributed by atoms with Crippen molar-refractivity contribution >= 4 is 23.1 Å². The topological polar surface area (TPSA) is 9.23 Å². The van der Waals surface area contributed by atoms with Gasteiger partial charge in [0, 0.05) is 6.61 Å². The van der Waals surface area contributed by atoms with Crippen LogP contribution < -0.4 is 17.0 Å². The Morgan fingerprint density at radius 2 is 1.86 bits per heavy atom. The third-order valence-electron chi connectivity index (χ3n) is 1.76. The summed E-state index contributed by atoms with van der Waals surface area (Å²) in [4.78, 5) is 0. The number of hydrogen-bond donors (Lipinski definition) is 0. The molecule has 2 rings (SSSR count). The first-order chi connectivity index (χ1) is 5.89. The molecule has 74 valence electrons. The molecule has 1 aromatic rings. The molecule has 0 aliphatic carbocycles. The van der Waals surface area contributed by atoms with E-state index in [9.17, 15) is 0 Å². The van der Waals surface area contributed by atoms with Crippen LogP contribution >= 0.6 is 0 Å². The second kappa shape index (κ2) is 11.5. The first kappa shape index (κ1) is 16.8. The molecule has 1 unspecified atom stereocenters. The fourth-order valence-electron chi connectivity index (χ4n) is 1.08. The molecule has 1 aliphatic heterocycles. The molecule has 3 heteroatoms. The van der Waals surface area contributed by atoms with Crippen molar-refractivity contribution in [3.8, 4) is 0 Å². The van der Waals surface area contributed by atoms with Crippen LogP contribution in [0.5, 0.6) is 0 Å². The van der Waals surface area contributed by atoms with Crippen molar-refractivity contribution in [1.82, 2.24) is 0 Å². The summed E-state index contributed by atoms with van der Waals surface area (Å²) in [5.74, 6) is 0. The van der Waals surface area contributed by atoms with Crippen LogP contribution in [0.2, 0.25) is 0 Å². The van der Waals surface area contributed by atoms with E-state index in [0.717, 1.165) is 6.61 Å². The molecule has 0 N–H and O–H groups in total. The number of rotatable bonds is 0. The molecule has 1 aliphatic rings. The Morgan fingerprint density at radius 3 is 2.00 bits per heavy atom. The largest absolute Gasteiger partial charge is 2.00 e. The zero-order valence-electron chi connectivity index (χ0n) is 8.58. The van der Waals surface area contributed by atoms with Crippen LogP contribution in [0.1, 0.15) is 19.8 Å². The van der Waals surface area contributed by atoms with Gasteiger partial charge in [0.25, 0.3) is 0 Å². The third-order valence-corrected chi connectivity index (χ3v) is 1.76. The van der Waals surface area contributed by atoms with E-state index in [0.29, 0.717) is 6.10 Å². The minimum absolute atomic E-state index is 0. The van der Waals surface area contributed by atoms with Gasteiger partial charge in [-0.3, -0.25) is 0 Å². The number of hydrogen-bond acceptors (Lipinski definition) is 1. The molecular weight excluding hydrogens is 252 g/mol. The van der Waals surface area contributed by atoms with Crippen molar-refractivity contribution in [1.29, 1.82) is 0 Å². The van der Waals surface area contributed by atoms with E-state index in [-0.39, 0.29) is 40.0 Å². The van der Waals surface area contributed by atoms with Crippen molar-refractivity contribution in [3.63, 3.8) is 0 Å². The van der Waals surface area contributed by atoms with E-state index in [1.165, 1.54) is 12.8 Å². The van der Waals surface area contributed by atoms with Crippen LogP contribution in [-0.2, 0) is 4.74 Å². The minimum Gasteiger partial charge on any atom is -1.00 e. The van der Waals surface area contributed by atoms with Gasteiger partial charge in [-0.15, -0.1) is 0 Å². The van der Waals surface area contributed by atoms with Crippen LogP contribution in [0.15, 0.2) is 30.3 Å². The van der Waals surface area contributed by atoms with Crippen molar-refractivity contribution in [2.75, 3.05) is 6.61 Å². The molecule has 1 fully saturated rings. The van der Waals surface area contributed by atoms with Gasteiger partial charge in [0.2, 0.25) is 0 Å². The van der Waals surface area contributed by atoms with Crippen LogP contribution in [0.3, 0.4) is 0 Å². The quantitative estimate of drug-likeness (QED) is 0.446. The summed E-state index contributed by atoms with van der Waals surface area (Å²) < 4.78 is 5.15. The predicted molar refractivity (Wildman–Crippen MR) is 55.7 cm³/mol. The molecule has 0 spiro atoms. The molecule has 1 heterocycles. The van der Waals surface area contributed by atoms with Gasteiger partial charge < -0.3 is 21.7 Å². The summed E-state index contributed by atoms with van der Waals surface area (Å²) in [6, 6.07) is 12.5. The fraction of sp³-hybridized carbons (Fsp3) is 0.455. The van der Waals surface area contributed by atoms with E-state index in [1.54, 1.807) is 0 Å². The van der Waals surface area contributed by atoms with Gasteiger partial charge in [0.15, 0.2) is 0 Å². The average Bonchev–Trinajstić information content (AvgIpc) is 2.60. The van der Waals surface area contributed by atoms with Crippen molar-refractivity contribution < 1.29 is 21.7 Å². The predicted octanol–water partition coefficient (Wildman–Crippen LogP) is -0.705. The van der Waals surface area contributed by atoms with Gasteiger partial charge in [-0.1, -0.05) is 0 Å². The van der Waals surface area contributed by atoms with Crippen molar-refractivity contribution in [2.24, 2.45) is 0 Å². The smallest absolute Gasteiger partial charge is 1.00 e. The van der Waals surface area contributed by atoms with Gasteiger partial charge in [0.05, 0.1) is 6.10 Å². The maximum absolute atomic E-state index is 5.15. The Kier molecular flexibility index (Phi) is 13.8. The summed E-state index contributed by atoms with van der Waals surface area (Å²) in [7, 11) is 0. The average molecular weight is 267 g/mol. The van der Waals surface area contributed by atoms with Gasteiger partial charge >= 0.3 is 23.1 Å². The Hall–Kier alpha value is 0.426. The molecule has 0 saturated carbocycles. The van der Waals surface area contributed by atoms with Crippen LogP contribution in [0.25, 0.3) is 0 Å². The molecular formula is C11H15BrMgO. The third kappa shape index (κ3) is 9.00. The number of halogens is 1. The minimum atomic E-state index is 0. The van der Waals surface area contributed by atoms with Gasteiger partial charge in [-0.2, -0.15) is 36.4 Å². The zero-order chi connectivity index (χ0) is 8.65. The first-order valence-corrected chi connectivity index (χ1v) is 4.42. The second-order valence-electron chi connectivity index (χ2n) is 2.90. The summed E-state index contributed by atoms with van der Waals surface area (Å²) in [6.07, 6.45) is 3.08. The van der Waals surface area contributed by atoms with Gasteiger partial charge in [-0.05, 0) is 19.8 Å². The van der Waals surface area contributed by atoms with Crippen molar-refractivity contribution in [3.05, 3.63) is 36.4 Å². The molecule has 0 aromatic heterocycles. The summed E-state index contributed by atoms with van der Waals surface area (Å²) in [5.41, 5.74) is 0. The number of ether oxygens (including phenoxy) is 1. The Bertz CT molecular complexity index is 161. The van der Waals surface area contributed by atoms with Crippen LogP contribution in [0.4, 0.5) is 0 Å². The summed E-state index contributed by atoms with van der Waals surface area (Å²) in [5, 5.41) is 0. The molecule has 1 atom stereocenters. The van der Waals surface area contributed by atoms with Gasteiger partial charge in [0.1, 0.15) is 0 Å². The molecule has 1 nitrogen and oxygen atoms in total. The fourth-order valence-corrected chi connectivity index (χ4v) is 1.08. The van der Waals surface area contributed by atoms with Crippen LogP contribution in [0, 0.1) is 6.07 Å². The van der Waals surface area contributed by atoms with E-state index < -0.39 is 0 Å². The summed E-state index contributed by atoms with van der Waals surface area (Å²) >= 11 is 0. The zero-order valence-corrected chi connectivity index (χ0v) is 11.6. The van der Waals surface area contributed by atoms with E-state index >= 15 is 0 Å². The standard InChI is InChI=1S/C6H5.C5H10O.BrH.Mg/c1-2-4-6-5-3-1;1-5-3-2-4-6-5;;/h1-5H;5H,2-4H2,1H3;1H;/q-1;;;+2/p-1. The normalized spacial score (nSPS) is 18.2.